The molecule has 138 valence electrons. The van der Waals surface area contributed by atoms with Crippen LogP contribution in [0.5, 0.6) is 5.75 Å². The van der Waals surface area contributed by atoms with E-state index < -0.39 is 5.97 Å². The third-order valence-corrected chi connectivity index (χ3v) is 4.72. The van der Waals surface area contributed by atoms with Gasteiger partial charge in [0.15, 0.2) is 5.82 Å². The van der Waals surface area contributed by atoms with Gasteiger partial charge in [0, 0.05) is 34.0 Å². The minimum absolute atomic E-state index is 0.104. The molecule has 0 bridgehead atoms. The van der Waals surface area contributed by atoms with Gasteiger partial charge in [-0.05, 0) is 36.9 Å². The van der Waals surface area contributed by atoms with Gasteiger partial charge in [0.2, 0.25) is 0 Å². The highest BCUT2D eigenvalue weighted by molar-refractivity contribution is 7.08. The van der Waals surface area contributed by atoms with Crippen molar-refractivity contribution in [3.05, 3.63) is 64.5 Å². The predicted molar refractivity (Wildman–Crippen MR) is 107 cm³/mol. The number of carbonyl (C=O) groups is 1. The summed E-state index contributed by atoms with van der Waals surface area (Å²) in [6.45, 7) is 5.75. The van der Waals surface area contributed by atoms with Crippen molar-refractivity contribution in [1.29, 1.82) is 0 Å². The molecule has 7 heteroatoms. The molecule has 0 saturated heterocycles. The molecule has 2 N–H and O–H groups in total. The second kappa shape index (κ2) is 8.01. The average molecular weight is 381 g/mol. The second-order valence-electron chi connectivity index (χ2n) is 5.81. The predicted octanol–water partition coefficient (Wildman–Crippen LogP) is 4.69. The number of anilines is 2. The molecular formula is C20H19N3O3S. The number of carboxylic acid groups (broad SMARTS) is 1. The summed E-state index contributed by atoms with van der Waals surface area (Å²) in [5.41, 5.74) is 3.53. The van der Waals surface area contributed by atoms with Crippen molar-refractivity contribution < 1.29 is 14.6 Å². The normalized spacial score (nSPS) is 10.4. The smallest absolute Gasteiger partial charge is 0.339 e. The number of aryl methyl sites for hydroxylation is 1. The van der Waals surface area contributed by atoms with Crippen LogP contribution in [0.3, 0.4) is 0 Å². The molecule has 0 unspecified atom stereocenters. The molecule has 0 amide bonds. The summed E-state index contributed by atoms with van der Waals surface area (Å²) in [6.07, 6.45) is 2.41. The Morgan fingerprint density at radius 3 is 2.81 bits per heavy atom. The number of rotatable bonds is 7. The first-order valence-electron chi connectivity index (χ1n) is 8.22. The van der Waals surface area contributed by atoms with E-state index in [0.717, 1.165) is 16.8 Å². The van der Waals surface area contributed by atoms with E-state index in [2.05, 4.69) is 21.9 Å². The van der Waals surface area contributed by atoms with Crippen molar-refractivity contribution in [2.45, 2.75) is 13.3 Å². The first-order valence-corrected chi connectivity index (χ1v) is 9.17. The Balaban J connectivity index is 2.04. The van der Waals surface area contributed by atoms with E-state index in [1.54, 1.807) is 29.5 Å². The number of nitrogens with one attached hydrogen (secondary N) is 1. The minimum Gasteiger partial charge on any atom is -0.496 e. The summed E-state index contributed by atoms with van der Waals surface area (Å²) in [6, 6.07) is 6.81. The van der Waals surface area contributed by atoms with Crippen LogP contribution >= 0.6 is 11.3 Å². The van der Waals surface area contributed by atoms with Gasteiger partial charge in [-0.15, -0.1) is 6.58 Å². The first-order chi connectivity index (χ1) is 13.0. The molecule has 2 heterocycles. The molecule has 0 atom stereocenters. The number of hydrogen-bond donors (Lipinski definition) is 2. The van der Waals surface area contributed by atoms with E-state index in [-0.39, 0.29) is 11.3 Å². The molecular weight excluding hydrogens is 362 g/mol. The number of benzene rings is 1. The molecule has 1 aromatic carbocycles. The van der Waals surface area contributed by atoms with Gasteiger partial charge in [-0.2, -0.15) is 11.3 Å². The molecule has 0 fully saturated rings. The fraction of sp³-hybridized carbons (Fsp3) is 0.150. The average Bonchev–Trinajstić information content (AvgIpc) is 3.18. The lowest BCUT2D eigenvalue weighted by Gasteiger charge is -2.15. The van der Waals surface area contributed by atoms with E-state index >= 15 is 0 Å². The molecule has 0 spiro atoms. The molecule has 0 aliphatic heterocycles. The van der Waals surface area contributed by atoms with Crippen LogP contribution in [0, 0.1) is 6.92 Å². The van der Waals surface area contributed by atoms with Gasteiger partial charge in [0.1, 0.15) is 17.1 Å². The number of thiophene rings is 1. The Bertz CT molecular complexity index is 984. The van der Waals surface area contributed by atoms with Gasteiger partial charge in [-0.25, -0.2) is 14.8 Å². The molecule has 2 aromatic heterocycles. The van der Waals surface area contributed by atoms with Crippen molar-refractivity contribution in [3.63, 3.8) is 0 Å². The summed E-state index contributed by atoms with van der Waals surface area (Å²) in [5.74, 6) is 0.539. The number of carboxylic acids is 1. The standard InChI is InChI=1S/C20H19N3O3S/c1-4-5-15-12(2)21-18(13-8-9-27-11-13)23-19(15)22-14-6-7-16(20(24)25)17(10-14)26-3/h4,6-11H,1,5H2,2-3H3,(H,24,25)(H,21,22,23). The van der Waals surface area contributed by atoms with Crippen molar-refractivity contribution in [2.24, 2.45) is 0 Å². The topological polar surface area (TPSA) is 84.3 Å². The maximum absolute atomic E-state index is 11.3. The monoisotopic (exact) mass is 381 g/mol. The van der Waals surface area contributed by atoms with Crippen LogP contribution in [-0.2, 0) is 6.42 Å². The fourth-order valence-electron chi connectivity index (χ4n) is 2.69. The quantitative estimate of drug-likeness (QED) is 0.578. The number of nitrogens with zero attached hydrogens (tertiary/aromatic N) is 2. The molecule has 6 nitrogen and oxygen atoms in total. The molecule has 0 saturated carbocycles. The maximum atomic E-state index is 11.3. The third-order valence-electron chi connectivity index (χ3n) is 4.04. The van der Waals surface area contributed by atoms with Crippen molar-refractivity contribution in [2.75, 3.05) is 12.4 Å². The number of methoxy groups -OCH3 is 1. The Hall–Kier alpha value is -3.19. The zero-order valence-electron chi connectivity index (χ0n) is 15.0. The van der Waals surface area contributed by atoms with Gasteiger partial charge in [0.25, 0.3) is 0 Å². The highest BCUT2D eigenvalue weighted by Gasteiger charge is 2.15. The highest BCUT2D eigenvalue weighted by atomic mass is 32.1. The van der Waals surface area contributed by atoms with Gasteiger partial charge in [-0.3, -0.25) is 0 Å². The van der Waals surface area contributed by atoms with Crippen LogP contribution in [0.1, 0.15) is 21.6 Å². The van der Waals surface area contributed by atoms with Crippen LogP contribution < -0.4 is 10.1 Å². The maximum Gasteiger partial charge on any atom is 0.339 e. The number of hydrogen-bond acceptors (Lipinski definition) is 6. The Labute approximate surface area is 161 Å². The number of allylic oxidation sites excluding steroid dienone is 1. The number of aromatic carboxylic acids is 1. The largest absolute Gasteiger partial charge is 0.496 e. The summed E-state index contributed by atoms with van der Waals surface area (Å²) in [4.78, 5) is 20.6. The van der Waals surface area contributed by atoms with E-state index in [1.807, 2.05) is 23.8 Å². The van der Waals surface area contributed by atoms with E-state index in [1.165, 1.54) is 13.2 Å². The zero-order chi connectivity index (χ0) is 19.4. The number of ether oxygens (including phenoxy) is 1. The van der Waals surface area contributed by atoms with E-state index in [4.69, 9.17) is 4.74 Å². The molecule has 0 aliphatic rings. The van der Waals surface area contributed by atoms with Crippen molar-refractivity contribution >= 4 is 28.8 Å². The molecule has 3 rings (SSSR count). The van der Waals surface area contributed by atoms with Crippen molar-refractivity contribution in [3.8, 4) is 17.1 Å². The summed E-state index contributed by atoms with van der Waals surface area (Å²) < 4.78 is 5.20. The Kier molecular flexibility index (Phi) is 5.52. The van der Waals surface area contributed by atoms with Crippen LogP contribution in [0.2, 0.25) is 0 Å². The van der Waals surface area contributed by atoms with Crippen LogP contribution in [0.25, 0.3) is 11.4 Å². The minimum atomic E-state index is -1.04. The molecule has 0 radical (unpaired) electrons. The van der Waals surface area contributed by atoms with Crippen LogP contribution in [-0.4, -0.2) is 28.2 Å². The second-order valence-corrected chi connectivity index (χ2v) is 6.59. The van der Waals surface area contributed by atoms with E-state index in [0.29, 0.717) is 23.8 Å². The first kappa shape index (κ1) is 18.6. The summed E-state index contributed by atoms with van der Waals surface area (Å²) in [5, 5.41) is 16.5. The van der Waals surface area contributed by atoms with E-state index in [9.17, 15) is 9.90 Å². The Morgan fingerprint density at radius 2 is 2.19 bits per heavy atom. The highest BCUT2D eigenvalue weighted by Crippen LogP contribution is 2.29. The molecule has 0 aliphatic carbocycles. The lowest BCUT2D eigenvalue weighted by Crippen LogP contribution is -2.06. The fourth-order valence-corrected chi connectivity index (χ4v) is 3.33. The van der Waals surface area contributed by atoms with Crippen LogP contribution in [0.4, 0.5) is 11.5 Å². The van der Waals surface area contributed by atoms with Gasteiger partial charge >= 0.3 is 5.97 Å². The van der Waals surface area contributed by atoms with Crippen LogP contribution in [0.15, 0.2) is 47.7 Å². The zero-order valence-corrected chi connectivity index (χ0v) is 15.8. The van der Waals surface area contributed by atoms with Gasteiger partial charge < -0.3 is 15.2 Å². The Morgan fingerprint density at radius 1 is 1.37 bits per heavy atom. The summed E-state index contributed by atoms with van der Waals surface area (Å²) in [7, 11) is 1.44. The lowest BCUT2D eigenvalue weighted by atomic mass is 10.1. The molecule has 3 aromatic rings. The SMILES string of the molecule is C=CCc1c(C)nc(-c2ccsc2)nc1Nc1ccc(C(=O)O)c(OC)c1. The lowest BCUT2D eigenvalue weighted by molar-refractivity contribution is 0.0693. The summed E-state index contributed by atoms with van der Waals surface area (Å²) >= 11 is 1.59. The van der Waals surface area contributed by atoms with Gasteiger partial charge in [0.05, 0.1) is 7.11 Å². The number of aromatic nitrogens is 2. The van der Waals surface area contributed by atoms with Crippen molar-refractivity contribution in [1.82, 2.24) is 9.97 Å². The van der Waals surface area contributed by atoms with Gasteiger partial charge in [-0.1, -0.05) is 6.08 Å². The third kappa shape index (κ3) is 3.98. The molecule has 27 heavy (non-hydrogen) atoms.